The van der Waals surface area contributed by atoms with Crippen LogP contribution in [-0.2, 0) is 5.41 Å². The Morgan fingerprint density at radius 3 is 1.60 bits per heavy atom. The van der Waals surface area contributed by atoms with Crippen molar-refractivity contribution in [3.05, 3.63) is 260 Å². The molecule has 0 amide bonds. The summed E-state index contributed by atoms with van der Waals surface area (Å²) in [4.78, 5) is 7.85. The van der Waals surface area contributed by atoms with Crippen molar-refractivity contribution in [3.63, 3.8) is 0 Å². The van der Waals surface area contributed by atoms with Crippen LogP contribution in [0, 0.1) is 0 Å². The minimum Gasteiger partial charge on any atom is -0.456 e. The molecule has 0 bridgehead atoms. The summed E-state index contributed by atoms with van der Waals surface area (Å²) >= 11 is 0. The molecule has 81 heavy (non-hydrogen) atoms. The van der Waals surface area contributed by atoms with E-state index in [1.54, 1.807) is 0 Å². The molecular formula is C76H47N3O2. The van der Waals surface area contributed by atoms with Crippen LogP contribution in [0.25, 0.3) is 148 Å². The molecule has 0 atom stereocenters. The first-order valence-electron chi connectivity index (χ1n) is 27.9. The van der Waals surface area contributed by atoms with E-state index in [1.807, 2.05) is 24.3 Å². The van der Waals surface area contributed by atoms with Gasteiger partial charge in [-0.1, -0.05) is 159 Å². The summed E-state index contributed by atoms with van der Waals surface area (Å²) in [5, 5.41) is 18.0. The normalized spacial score (nSPS) is 13.2. The quantitative estimate of drug-likeness (QED) is 0.161. The van der Waals surface area contributed by atoms with Crippen molar-refractivity contribution >= 4 is 137 Å². The first kappa shape index (κ1) is 44.5. The lowest BCUT2D eigenvalue weighted by Crippen LogP contribution is -2.15. The summed E-state index contributed by atoms with van der Waals surface area (Å²) in [6.45, 7) is 4.88. The van der Waals surface area contributed by atoms with E-state index in [4.69, 9.17) is 13.8 Å². The number of hydrogen-bond acceptors (Lipinski definition) is 4. The van der Waals surface area contributed by atoms with Gasteiger partial charge in [-0.3, -0.25) is 4.57 Å². The second kappa shape index (κ2) is 16.3. The fraction of sp³-hybridized carbons (Fsp3) is 0.0395. The van der Waals surface area contributed by atoms with Crippen LogP contribution in [-0.4, -0.2) is 9.55 Å². The van der Waals surface area contributed by atoms with Crippen LogP contribution in [0.3, 0.4) is 0 Å². The third kappa shape index (κ3) is 6.23. The summed E-state index contributed by atoms with van der Waals surface area (Å²) in [6, 6.07) is 90.8. The molecule has 13 aromatic carbocycles. The van der Waals surface area contributed by atoms with Gasteiger partial charge in [0.2, 0.25) is 0 Å². The zero-order chi connectivity index (χ0) is 53.2. The molecule has 5 nitrogen and oxygen atoms in total. The Labute approximate surface area is 464 Å². The number of anilines is 3. The van der Waals surface area contributed by atoms with Gasteiger partial charge in [0, 0.05) is 65.6 Å². The Morgan fingerprint density at radius 1 is 0.383 bits per heavy atom. The number of para-hydroxylation sites is 3. The monoisotopic (exact) mass is 1030 g/mol. The van der Waals surface area contributed by atoms with E-state index in [1.165, 1.54) is 76.1 Å². The van der Waals surface area contributed by atoms with Crippen LogP contribution >= 0.6 is 0 Å². The number of aromatic nitrogens is 2. The van der Waals surface area contributed by atoms with E-state index in [-0.39, 0.29) is 5.41 Å². The highest BCUT2D eigenvalue weighted by atomic mass is 16.3. The summed E-state index contributed by atoms with van der Waals surface area (Å²) in [6.07, 6.45) is 0. The highest BCUT2D eigenvalue weighted by Crippen LogP contribution is 2.58. The Bertz CT molecular complexity index is 5480. The van der Waals surface area contributed by atoms with Crippen molar-refractivity contribution in [1.82, 2.24) is 9.55 Å². The standard InChI is InChI=1S/C76H47N3O2/c1-76(2)64-43-59-53-22-7-5-20-51(53)50-19-4-6-21-52(50)58(59)42-62(64)72-73-63-39-46(30-34-66(63)79(71-37-31-44-16-3-12-27-65(44)77-71)75(73)57-26-9-8-25-56(57)74(72)76)45-17-15-18-47(38-45)78(48-32-35-69-60(40-48)54-23-10-13-28-67(54)80-69)49-33-36-70-61(41-49)55-24-11-14-29-68(55)81-70/h3-43H,1-2H3. The summed E-state index contributed by atoms with van der Waals surface area (Å²) in [7, 11) is 0. The van der Waals surface area contributed by atoms with Crippen LogP contribution in [0.1, 0.15) is 25.0 Å². The number of benzene rings is 13. The molecule has 1 aliphatic rings. The van der Waals surface area contributed by atoms with Gasteiger partial charge in [-0.2, -0.15) is 0 Å². The lowest BCUT2D eigenvalue weighted by atomic mass is 9.79. The Morgan fingerprint density at radius 2 is 0.926 bits per heavy atom. The zero-order valence-corrected chi connectivity index (χ0v) is 44.3. The van der Waals surface area contributed by atoms with Crippen LogP contribution in [0.2, 0.25) is 0 Å². The van der Waals surface area contributed by atoms with E-state index in [0.717, 1.165) is 99.8 Å². The van der Waals surface area contributed by atoms with Gasteiger partial charge in [0.1, 0.15) is 28.1 Å². The number of rotatable bonds is 5. The van der Waals surface area contributed by atoms with E-state index in [0.29, 0.717) is 0 Å². The average Bonchev–Trinajstić information content (AvgIpc) is 2.99. The zero-order valence-electron chi connectivity index (χ0n) is 44.3. The van der Waals surface area contributed by atoms with Gasteiger partial charge >= 0.3 is 0 Å². The molecule has 0 saturated carbocycles. The molecular weight excluding hydrogens is 987 g/mol. The molecule has 17 aromatic rings. The van der Waals surface area contributed by atoms with Crippen molar-refractivity contribution in [2.75, 3.05) is 4.90 Å². The Kier molecular flexibility index (Phi) is 8.95. The lowest BCUT2D eigenvalue weighted by Gasteiger charge is -2.26. The molecule has 0 spiro atoms. The van der Waals surface area contributed by atoms with Crippen LogP contribution < -0.4 is 4.90 Å². The Balaban J connectivity index is 0.913. The third-order valence-corrected chi connectivity index (χ3v) is 17.9. The van der Waals surface area contributed by atoms with Gasteiger partial charge in [0.05, 0.1) is 16.6 Å². The predicted octanol–water partition coefficient (Wildman–Crippen LogP) is 21.2. The summed E-state index contributed by atoms with van der Waals surface area (Å²) in [5.74, 6) is 0.891. The summed E-state index contributed by atoms with van der Waals surface area (Å²) < 4.78 is 15.2. The topological polar surface area (TPSA) is 47.3 Å². The number of pyridine rings is 1. The van der Waals surface area contributed by atoms with Crippen LogP contribution in [0.5, 0.6) is 0 Å². The second-order valence-corrected chi connectivity index (χ2v) is 22.6. The van der Waals surface area contributed by atoms with Crippen molar-refractivity contribution in [2.24, 2.45) is 0 Å². The van der Waals surface area contributed by atoms with Gasteiger partial charge < -0.3 is 13.7 Å². The van der Waals surface area contributed by atoms with E-state index < -0.39 is 0 Å². The number of hydrogen-bond donors (Lipinski definition) is 0. The number of furan rings is 2. The summed E-state index contributed by atoms with van der Waals surface area (Å²) in [5.41, 5.74) is 17.0. The highest BCUT2D eigenvalue weighted by Gasteiger charge is 2.40. The van der Waals surface area contributed by atoms with Gasteiger partial charge in [-0.15, -0.1) is 0 Å². The number of fused-ring (bicyclic) bond motifs is 23. The number of nitrogens with zero attached hydrogens (tertiary/aromatic N) is 3. The molecule has 1 aliphatic carbocycles. The van der Waals surface area contributed by atoms with Gasteiger partial charge in [0.25, 0.3) is 0 Å². The molecule has 0 unspecified atom stereocenters. The lowest BCUT2D eigenvalue weighted by molar-refractivity contribution is 0.667. The van der Waals surface area contributed by atoms with E-state index >= 15 is 0 Å². The van der Waals surface area contributed by atoms with Gasteiger partial charge in [-0.05, 0) is 174 Å². The average molecular weight is 1030 g/mol. The van der Waals surface area contributed by atoms with Gasteiger partial charge in [-0.25, -0.2) is 4.98 Å². The largest absolute Gasteiger partial charge is 0.456 e. The highest BCUT2D eigenvalue weighted by molar-refractivity contribution is 6.30. The van der Waals surface area contributed by atoms with Crippen molar-refractivity contribution in [2.45, 2.75) is 19.3 Å². The maximum Gasteiger partial charge on any atom is 0.138 e. The van der Waals surface area contributed by atoms with Crippen molar-refractivity contribution in [3.8, 4) is 28.1 Å². The predicted molar refractivity (Wildman–Crippen MR) is 338 cm³/mol. The molecule has 0 N–H and O–H groups in total. The minimum absolute atomic E-state index is 0.331. The van der Waals surface area contributed by atoms with Crippen molar-refractivity contribution < 1.29 is 8.83 Å². The van der Waals surface area contributed by atoms with Gasteiger partial charge in [0.15, 0.2) is 0 Å². The molecule has 4 heterocycles. The van der Waals surface area contributed by atoms with Crippen molar-refractivity contribution in [1.29, 1.82) is 0 Å². The van der Waals surface area contributed by atoms with Crippen LogP contribution in [0.15, 0.2) is 258 Å². The molecule has 0 radical (unpaired) electrons. The first-order chi connectivity index (χ1) is 39.9. The molecule has 0 saturated heterocycles. The molecule has 5 heteroatoms. The van der Waals surface area contributed by atoms with E-state index in [2.05, 4.69) is 248 Å². The SMILES string of the molecule is CC1(C)c2cc3c4ccccc4c4ccccc4c3cc2-c2c1c1ccccc1c1c2c2cc(-c3cccc(N(c4ccc5oc6ccccc6c5c4)c4ccc5oc6ccccc6c5c4)c3)ccc2n1-c1ccc2ccccc2n1. The Hall–Kier alpha value is -10.5. The minimum atomic E-state index is -0.331. The fourth-order valence-electron chi connectivity index (χ4n) is 14.3. The molecule has 0 fully saturated rings. The fourth-order valence-corrected chi connectivity index (χ4v) is 14.3. The molecule has 378 valence electrons. The smallest absolute Gasteiger partial charge is 0.138 e. The third-order valence-electron chi connectivity index (χ3n) is 17.9. The second-order valence-electron chi connectivity index (χ2n) is 22.6. The maximum absolute atomic E-state index is 6.38. The molecule has 0 aliphatic heterocycles. The molecule has 4 aromatic heterocycles. The maximum atomic E-state index is 6.38. The van der Waals surface area contributed by atoms with E-state index in [9.17, 15) is 0 Å². The molecule has 18 rings (SSSR count). The van der Waals surface area contributed by atoms with Crippen LogP contribution in [0.4, 0.5) is 17.1 Å². The first-order valence-corrected chi connectivity index (χ1v) is 27.9.